The number of hydrogen-bond donors (Lipinski definition) is 3. The fourth-order valence-electron chi connectivity index (χ4n) is 2.56. The van der Waals surface area contributed by atoms with Crippen molar-refractivity contribution < 1.29 is 19.8 Å². The number of fused-ring (bicyclic) bond motifs is 1. The third-order valence-electron chi connectivity index (χ3n) is 4.22. The number of carbonyl (C=O) groups excluding carboxylic acids is 2. The molecule has 1 aliphatic heterocycles. The van der Waals surface area contributed by atoms with Gasteiger partial charge in [-0.05, 0) is 18.1 Å². The van der Waals surface area contributed by atoms with Gasteiger partial charge in [-0.15, -0.1) is 0 Å². The van der Waals surface area contributed by atoms with Crippen molar-refractivity contribution >= 4 is 17.5 Å². The molecule has 0 aromatic heterocycles. The summed E-state index contributed by atoms with van der Waals surface area (Å²) in [5.74, 6) is -0.621. The molecule has 2 rings (SSSR count). The molecule has 0 unspecified atom stereocenters. The van der Waals surface area contributed by atoms with Gasteiger partial charge in [-0.2, -0.15) is 0 Å². The van der Waals surface area contributed by atoms with Crippen molar-refractivity contribution in [3.05, 3.63) is 29.8 Å². The number of rotatable bonds is 6. The predicted molar refractivity (Wildman–Crippen MR) is 87.0 cm³/mol. The summed E-state index contributed by atoms with van der Waals surface area (Å²) in [5, 5.41) is 21.6. The molecule has 126 valence electrons. The average molecular weight is 320 g/mol. The van der Waals surface area contributed by atoms with E-state index in [-0.39, 0.29) is 25.5 Å². The highest BCUT2D eigenvalue weighted by Crippen LogP contribution is 2.27. The number of carbonyl (C=O) groups is 2. The first-order valence-corrected chi connectivity index (χ1v) is 7.82. The monoisotopic (exact) mass is 320 g/mol. The Morgan fingerprint density at radius 2 is 2.04 bits per heavy atom. The minimum atomic E-state index is -1.31. The van der Waals surface area contributed by atoms with Crippen LogP contribution in [0, 0.1) is 5.41 Å². The number of anilines is 1. The summed E-state index contributed by atoms with van der Waals surface area (Å²) in [4.78, 5) is 25.9. The molecule has 0 radical (unpaired) electrons. The molecule has 1 heterocycles. The predicted octanol–water partition coefficient (Wildman–Crippen LogP) is 0.461. The van der Waals surface area contributed by atoms with E-state index in [4.69, 9.17) is 5.11 Å². The topological polar surface area (TPSA) is 89.9 Å². The maximum Gasteiger partial charge on any atom is 0.249 e. The summed E-state index contributed by atoms with van der Waals surface area (Å²) in [6.07, 6.45) is -0.292. The molecule has 0 spiro atoms. The van der Waals surface area contributed by atoms with E-state index < -0.39 is 17.4 Å². The number of nitrogens with zero attached hydrogens (tertiary/aromatic N) is 1. The molecule has 6 nitrogen and oxygen atoms in total. The van der Waals surface area contributed by atoms with Crippen LogP contribution in [-0.4, -0.2) is 47.8 Å². The van der Waals surface area contributed by atoms with E-state index in [9.17, 15) is 14.7 Å². The number of para-hydroxylation sites is 1. The van der Waals surface area contributed by atoms with Crippen LogP contribution in [0.1, 0.15) is 25.8 Å². The first-order chi connectivity index (χ1) is 10.9. The molecule has 1 aromatic carbocycles. The maximum absolute atomic E-state index is 12.3. The van der Waals surface area contributed by atoms with E-state index in [0.29, 0.717) is 6.54 Å². The van der Waals surface area contributed by atoms with Crippen LogP contribution in [0.5, 0.6) is 0 Å². The SMILES string of the molecule is CC(C)(CO)[C@@H](O)C(=O)NCCC(=O)N1CCc2ccccc21. The summed E-state index contributed by atoms with van der Waals surface area (Å²) in [7, 11) is 0. The lowest BCUT2D eigenvalue weighted by Crippen LogP contribution is -2.46. The van der Waals surface area contributed by atoms with E-state index >= 15 is 0 Å². The zero-order valence-electron chi connectivity index (χ0n) is 13.6. The Hall–Kier alpha value is -1.92. The largest absolute Gasteiger partial charge is 0.396 e. The highest BCUT2D eigenvalue weighted by Gasteiger charge is 2.33. The summed E-state index contributed by atoms with van der Waals surface area (Å²) < 4.78 is 0. The van der Waals surface area contributed by atoms with E-state index in [0.717, 1.165) is 17.7 Å². The number of hydrogen-bond acceptors (Lipinski definition) is 4. The molecule has 0 aliphatic carbocycles. The van der Waals surface area contributed by atoms with E-state index in [1.165, 1.54) is 0 Å². The fourth-order valence-corrected chi connectivity index (χ4v) is 2.56. The lowest BCUT2D eigenvalue weighted by Gasteiger charge is -2.27. The molecule has 2 amide bonds. The zero-order chi connectivity index (χ0) is 17.0. The van der Waals surface area contributed by atoms with Crippen LogP contribution in [0.3, 0.4) is 0 Å². The molecule has 1 aromatic rings. The van der Waals surface area contributed by atoms with Gasteiger partial charge < -0.3 is 20.4 Å². The summed E-state index contributed by atoms with van der Waals surface area (Å²) >= 11 is 0. The molecule has 6 heteroatoms. The van der Waals surface area contributed by atoms with Crippen LogP contribution in [0.4, 0.5) is 5.69 Å². The van der Waals surface area contributed by atoms with Crippen LogP contribution >= 0.6 is 0 Å². The van der Waals surface area contributed by atoms with Crippen molar-refractivity contribution in [2.45, 2.75) is 32.8 Å². The third-order valence-corrected chi connectivity index (χ3v) is 4.22. The van der Waals surface area contributed by atoms with Gasteiger partial charge in [-0.3, -0.25) is 9.59 Å². The Bertz CT molecular complexity index is 586. The second kappa shape index (κ2) is 7.10. The van der Waals surface area contributed by atoms with Gasteiger partial charge in [0.15, 0.2) is 0 Å². The van der Waals surface area contributed by atoms with E-state index in [2.05, 4.69) is 5.32 Å². The van der Waals surface area contributed by atoms with Crippen molar-refractivity contribution in [2.24, 2.45) is 5.41 Å². The molecule has 3 N–H and O–H groups in total. The Morgan fingerprint density at radius 3 is 2.74 bits per heavy atom. The molecule has 0 fully saturated rings. The van der Waals surface area contributed by atoms with Crippen LogP contribution in [0.15, 0.2) is 24.3 Å². The highest BCUT2D eigenvalue weighted by atomic mass is 16.3. The van der Waals surface area contributed by atoms with Crippen LogP contribution in [0.2, 0.25) is 0 Å². The number of nitrogens with one attached hydrogen (secondary N) is 1. The van der Waals surface area contributed by atoms with Gasteiger partial charge in [0.25, 0.3) is 0 Å². The molecular weight excluding hydrogens is 296 g/mol. The number of amides is 2. The number of benzene rings is 1. The summed E-state index contributed by atoms with van der Waals surface area (Å²) in [5.41, 5.74) is 1.18. The van der Waals surface area contributed by atoms with Gasteiger partial charge >= 0.3 is 0 Å². The minimum Gasteiger partial charge on any atom is -0.396 e. The molecule has 0 saturated carbocycles. The second-order valence-corrected chi connectivity index (χ2v) is 6.51. The Balaban J connectivity index is 1.83. The van der Waals surface area contributed by atoms with Gasteiger partial charge in [0.1, 0.15) is 6.10 Å². The standard InChI is InChI=1S/C17H24N2O4/c1-17(2,11-20)15(22)16(23)18-9-7-14(21)19-10-8-12-5-3-4-6-13(12)19/h3-6,15,20,22H,7-11H2,1-2H3,(H,18,23)/t15-/m0/s1. The van der Waals surface area contributed by atoms with Gasteiger partial charge in [-0.25, -0.2) is 0 Å². The van der Waals surface area contributed by atoms with Gasteiger partial charge in [-0.1, -0.05) is 32.0 Å². The molecule has 0 saturated heterocycles. The van der Waals surface area contributed by atoms with Crippen molar-refractivity contribution in [1.29, 1.82) is 0 Å². The van der Waals surface area contributed by atoms with Gasteiger partial charge in [0, 0.05) is 30.6 Å². The zero-order valence-corrected chi connectivity index (χ0v) is 13.6. The van der Waals surface area contributed by atoms with E-state index in [1.807, 2.05) is 24.3 Å². The fraction of sp³-hybridized carbons (Fsp3) is 0.529. The molecular formula is C17H24N2O4. The summed E-state index contributed by atoms with van der Waals surface area (Å²) in [6.45, 7) is 3.72. The normalized spacial score (nSPS) is 15.2. The van der Waals surface area contributed by atoms with Crippen molar-refractivity contribution in [2.75, 3.05) is 24.6 Å². The quantitative estimate of drug-likeness (QED) is 0.710. The first kappa shape index (κ1) is 17.4. The molecule has 1 atom stereocenters. The lowest BCUT2D eigenvalue weighted by molar-refractivity contribution is -0.137. The van der Waals surface area contributed by atoms with Gasteiger partial charge in [0.05, 0.1) is 6.61 Å². The van der Waals surface area contributed by atoms with Crippen molar-refractivity contribution in [1.82, 2.24) is 5.32 Å². The molecule has 23 heavy (non-hydrogen) atoms. The first-order valence-electron chi connectivity index (χ1n) is 7.82. The third kappa shape index (κ3) is 3.89. The van der Waals surface area contributed by atoms with Crippen LogP contribution < -0.4 is 10.2 Å². The molecule has 0 bridgehead atoms. The van der Waals surface area contributed by atoms with Crippen LogP contribution in [-0.2, 0) is 16.0 Å². The average Bonchev–Trinajstić information content (AvgIpc) is 2.97. The lowest BCUT2D eigenvalue weighted by atomic mass is 9.87. The number of aliphatic hydroxyl groups excluding tert-OH is 2. The summed E-state index contributed by atoms with van der Waals surface area (Å²) in [6, 6.07) is 7.79. The van der Waals surface area contributed by atoms with Crippen molar-refractivity contribution in [3.8, 4) is 0 Å². The Labute approximate surface area is 136 Å². The van der Waals surface area contributed by atoms with Gasteiger partial charge in [0.2, 0.25) is 11.8 Å². The van der Waals surface area contributed by atoms with Crippen LogP contribution in [0.25, 0.3) is 0 Å². The Morgan fingerprint density at radius 1 is 1.35 bits per heavy atom. The minimum absolute atomic E-state index is 0.0499. The van der Waals surface area contributed by atoms with Crippen molar-refractivity contribution in [3.63, 3.8) is 0 Å². The second-order valence-electron chi connectivity index (χ2n) is 6.51. The maximum atomic E-state index is 12.3. The Kier molecular flexibility index (Phi) is 5.38. The highest BCUT2D eigenvalue weighted by molar-refractivity contribution is 5.95. The molecule has 1 aliphatic rings. The number of aliphatic hydroxyl groups is 2. The van der Waals surface area contributed by atoms with E-state index in [1.54, 1.807) is 18.7 Å². The smallest absolute Gasteiger partial charge is 0.249 e.